The second-order valence-corrected chi connectivity index (χ2v) is 4.22. The highest BCUT2D eigenvalue weighted by Crippen LogP contribution is 2.07. The van der Waals surface area contributed by atoms with Gasteiger partial charge in [0.1, 0.15) is 5.76 Å². The smallest absolute Gasteiger partial charge is 0.245 e. The zero-order chi connectivity index (χ0) is 13.0. The van der Waals surface area contributed by atoms with Gasteiger partial charge in [-0.25, -0.2) is 0 Å². The normalized spacial score (nSPS) is 10.4. The minimum Gasteiger partial charge on any atom is -0.360 e. The van der Waals surface area contributed by atoms with Crippen LogP contribution in [0.15, 0.2) is 10.6 Å². The summed E-state index contributed by atoms with van der Waals surface area (Å²) < 4.78 is 4.81. The first kappa shape index (κ1) is 13.2. The number of anilines is 1. The van der Waals surface area contributed by atoms with Gasteiger partial charge in [-0.05, 0) is 6.92 Å². The predicted molar refractivity (Wildman–Crippen MR) is 62.3 cm³/mol. The van der Waals surface area contributed by atoms with E-state index >= 15 is 0 Å². The van der Waals surface area contributed by atoms with E-state index < -0.39 is 0 Å². The van der Waals surface area contributed by atoms with E-state index in [0.717, 1.165) is 0 Å². The molecule has 1 heterocycles. The maximum atomic E-state index is 11.6. The van der Waals surface area contributed by atoms with E-state index in [1.54, 1.807) is 33.9 Å². The van der Waals surface area contributed by atoms with Gasteiger partial charge in [0.25, 0.3) is 0 Å². The van der Waals surface area contributed by atoms with Crippen molar-refractivity contribution in [1.82, 2.24) is 10.1 Å². The molecule has 0 aromatic carbocycles. The number of nitrogens with zero attached hydrogens (tertiary/aromatic N) is 2. The highest BCUT2D eigenvalue weighted by atomic mass is 16.5. The molecule has 0 saturated heterocycles. The Kier molecular flexibility index (Phi) is 4.25. The third-order valence-electron chi connectivity index (χ3n) is 2.15. The summed E-state index contributed by atoms with van der Waals surface area (Å²) in [6.45, 7) is 5.31. The van der Waals surface area contributed by atoms with Gasteiger partial charge in [-0.1, -0.05) is 19.0 Å². The number of nitrogens with one attached hydrogen (secondary N) is 1. The van der Waals surface area contributed by atoms with E-state index in [2.05, 4.69) is 10.5 Å². The molecule has 0 bridgehead atoms. The van der Waals surface area contributed by atoms with E-state index in [9.17, 15) is 9.59 Å². The Bertz CT molecular complexity index is 412. The van der Waals surface area contributed by atoms with Gasteiger partial charge in [0.15, 0.2) is 5.82 Å². The number of rotatable bonds is 4. The minimum atomic E-state index is -0.296. The summed E-state index contributed by atoms with van der Waals surface area (Å²) >= 11 is 0. The molecule has 1 rings (SSSR count). The van der Waals surface area contributed by atoms with E-state index in [-0.39, 0.29) is 24.3 Å². The zero-order valence-electron chi connectivity index (χ0n) is 10.5. The number of aryl methyl sites for hydroxylation is 1. The summed E-state index contributed by atoms with van der Waals surface area (Å²) in [7, 11) is 1.59. The summed E-state index contributed by atoms with van der Waals surface area (Å²) in [5.41, 5.74) is 0. The highest BCUT2D eigenvalue weighted by Gasteiger charge is 2.16. The van der Waals surface area contributed by atoms with E-state index in [0.29, 0.717) is 11.6 Å². The average molecular weight is 239 g/mol. The van der Waals surface area contributed by atoms with Crippen molar-refractivity contribution in [3.05, 3.63) is 11.8 Å². The van der Waals surface area contributed by atoms with Crippen LogP contribution in [-0.2, 0) is 9.59 Å². The molecule has 6 nitrogen and oxygen atoms in total. The van der Waals surface area contributed by atoms with Crippen molar-refractivity contribution in [1.29, 1.82) is 0 Å². The predicted octanol–water partition coefficient (Wildman–Crippen LogP) is 1.04. The molecule has 17 heavy (non-hydrogen) atoms. The fourth-order valence-corrected chi connectivity index (χ4v) is 1.34. The number of carbonyl (C=O) groups excluding carboxylic acids is 2. The number of hydrogen-bond acceptors (Lipinski definition) is 4. The third-order valence-corrected chi connectivity index (χ3v) is 2.15. The van der Waals surface area contributed by atoms with Crippen LogP contribution in [0.5, 0.6) is 0 Å². The average Bonchev–Trinajstić information content (AvgIpc) is 2.62. The van der Waals surface area contributed by atoms with Gasteiger partial charge in [0.05, 0.1) is 6.54 Å². The summed E-state index contributed by atoms with van der Waals surface area (Å²) in [6.07, 6.45) is 0. The zero-order valence-corrected chi connectivity index (χ0v) is 10.5. The Balaban J connectivity index is 2.47. The molecule has 6 heteroatoms. The van der Waals surface area contributed by atoms with Crippen molar-refractivity contribution >= 4 is 17.6 Å². The lowest BCUT2D eigenvalue weighted by atomic mass is 10.2. The molecule has 2 amide bonds. The van der Waals surface area contributed by atoms with Crippen LogP contribution >= 0.6 is 0 Å². The monoisotopic (exact) mass is 239 g/mol. The van der Waals surface area contributed by atoms with Crippen molar-refractivity contribution in [3.8, 4) is 0 Å². The molecule has 1 aromatic heterocycles. The van der Waals surface area contributed by atoms with Crippen LogP contribution in [-0.4, -0.2) is 35.5 Å². The lowest BCUT2D eigenvalue weighted by Crippen LogP contribution is -2.37. The number of amides is 2. The molecular formula is C11H17N3O3. The molecule has 0 fully saturated rings. The lowest BCUT2D eigenvalue weighted by Gasteiger charge is -2.18. The first-order valence-corrected chi connectivity index (χ1v) is 5.38. The fraction of sp³-hybridized carbons (Fsp3) is 0.545. The topological polar surface area (TPSA) is 75.4 Å². The van der Waals surface area contributed by atoms with Gasteiger partial charge in [-0.2, -0.15) is 0 Å². The van der Waals surface area contributed by atoms with E-state index in [4.69, 9.17) is 4.52 Å². The molecule has 0 radical (unpaired) electrons. The van der Waals surface area contributed by atoms with Crippen LogP contribution < -0.4 is 5.32 Å². The van der Waals surface area contributed by atoms with Gasteiger partial charge < -0.3 is 14.7 Å². The maximum absolute atomic E-state index is 11.6. The molecule has 0 spiro atoms. The number of hydrogen-bond donors (Lipinski definition) is 1. The lowest BCUT2D eigenvalue weighted by molar-refractivity contribution is -0.136. The van der Waals surface area contributed by atoms with Crippen LogP contribution in [0.2, 0.25) is 0 Å². The Morgan fingerprint density at radius 2 is 2.18 bits per heavy atom. The molecule has 1 aromatic rings. The third kappa shape index (κ3) is 3.90. The first-order valence-electron chi connectivity index (χ1n) is 5.38. The largest absolute Gasteiger partial charge is 0.360 e. The molecule has 0 unspecified atom stereocenters. The van der Waals surface area contributed by atoms with E-state index in [1.807, 2.05) is 0 Å². The molecule has 0 aliphatic rings. The van der Waals surface area contributed by atoms with Gasteiger partial charge in [0.2, 0.25) is 11.8 Å². The Labute approximate surface area is 99.9 Å². The van der Waals surface area contributed by atoms with Crippen molar-refractivity contribution in [2.24, 2.45) is 5.92 Å². The fourth-order valence-electron chi connectivity index (χ4n) is 1.34. The van der Waals surface area contributed by atoms with Crippen LogP contribution in [0.3, 0.4) is 0 Å². The summed E-state index contributed by atoms with van der Waals surface area (Å²) in [4.78, 5) is 24.5. The number of aromatic nitrogens is 1. The van der Waals surface area contributed by atoms with Gasteiger partial charge in [0, 0.05) is 19.0 Å². The van der Waals surface area contributed by atoms with E-state index in [1.165, 1.54) is 4.90 Å². The van der Waals surface area contributed by atoms with Gasteiger partial charge in [-0.15, -0.1) is 0 Å². The molecule has 0 aliphatic heterocycles. The van der Waals surface area contributed by atoms with Crippen LogP contribution in [0.25, 0.3) is 0 Å². The number of carbonyl (C=O) groups is 2. The summed E-state index contributed by atoms with van der Waals surface area (Å²) in [5.74, 6) is 0.484. The molecule has 0 saturated carbocycles. The molecule has 94 valence electrons. The standard InChI is InChI=1S/C11H17N3O3/c1-7(2)11(16)14(4)6-10(15)12-9-5-8(3)17-13-9/h5,7H,6H2,1-4H3,(H,12,13,15). The molecule has 0 atom stereocenters. The summed E-state index contributed by atoms with van der Waals surface area (Å²) in [5, 5.41) is 6.18. The van der Waals surface area contributed by atoms with Crippen molar-refractivity contribution < 1.29 is 14.1 Å². The molecule has 1 N–H and O–H groups in total. The second kappa shape index (κ2) is 5.47. The molecule has 0 aliphatic carbocycles. The SMILES string of the molecule is Cc1cc(NC(=O)CN(C)C(=O)C(C)C)no1. The second-order valence-electron chi connectivity index (χ2n) is 4.22. The van der Waals surface area contributed by atoms with Crippen molar-refractivity contribution in [2.75, 3.05) is 18.9 Å². The highest BCUT2D eigenvalue weighted by molar-refractivity contribution is 5.93. The minimum absolute atomic E-state index is 0.00290. The van der Waals surface area contributed by atoms with Crippen LogP contribution in [0, 0.1) is 12.8 Å². The number of likely N-dealkylation sites (N-methyl/N-ethyl adjacent to an activating group) is 1. The Hall–Kier alpha value is -1.85. The van der Waals surface area contributed by atoms with Crippen LogP contribution in [0.4, 0.5) is 5.82 Å². The summed E-state index contributed by atoms with van der Waals surface area (Å²) in [6, 6.07) is 1.61. The maximum Gasteiger partial charge on any atom is 0.245 e. The first-order chi connectivity index (χ1) is 7.90. The van der Waals surface area contributed by atoms with Crippen LogP contribution in [0.1, 0.15) is 19.6 Å². The molecular weight excluding hydrogens is 222 g/mol. The Morgan fingerprint density at radius 3 is 2.65 bits per heavy atom. The van der Waals surface area contributed by atoms with Crippen molar-refractivity contribution in [3.63, 3.8) is 0 Å². The quantitative estimate of drug-likeness (QED) is 0.851. The van der Waals surface area contributed by atoms with Crippen molar-refractivity contribution in [2.45, 2.75) is 20.8 Å². The Morgan fingerprint density at radius 1 is 1.53 bits per heavy atom. The van der Waals surface area contributed by atoms with Gasteiger partial charge >= 0.3 is 0 Å². The van der Waals surface area contributed by atoms with Gasteiger partial charge in [-0.3, -0.25) is 9.59 Å².